The van der Waals surface area contributed by atoms with Crippen molar-refractivity contribution in [1.82, 2.24) is 30.5 Å². The van der Waals surface area contributed by atoms with E-state index >= 15 is 0 Å². The summed E-state index contributed by atoms with van der Waals surface area (Å²) in [5, 5.41) is 17.5. The number of likely N-dealkylation sites (tertiary alicyclic amines) is 1. The number of piperidine rings is 1. The quantitative estimate of drug-likeness (QED) is 0.588. The molecule has 1 aliphatic rings. The first-order valence-corrected chi connectivity index (χ1v) is 11.4. The van der Waals surface area contributed by atoms with E-state index in [1.807, 2.05) is 42.2 Å². The fourth-order valence-corrected chi connectivity index (χ4v) is 4.26. The molecule has 1 saturated heterocycles. The van der Waals surface area contributed by atoms with E-state index in [1.165, 1.54) is 0 Å². The van der Waals surface area contributed by atoms with Crippen LogP contribution in [0.5, 0.6) is 5.88 Å². The number of aromatic nitrogens is 5. The summed E-state index contributed by atoms with van der Waals surface area (Å²) in [5.74, 6) is 1.65. The Labute approximate surface area is 193 Å². The van der Waals surface area contributed by atoms with Crippen molar-refractivity contribution in [3.8, 4) is 28.4 Å². The molecule has 2 amide bonds. The van der Waals surface area contributed by atoms with E-state index in [4.69, 9.17) is 4.74 Å². The number of amides is 2. The topological polar surface area (TPSA) is 109 Å². The van der Waals surface area contributed by atoms with Gasteiger partial charge in [0.1, 0.15) is 0 Å². The molecule has 9 heteroatoms. The number of nitrogens with zero attached hydrogens (tertiary/aromatic N) is 5. The summed E-state index contributed by atoms with van der Waals surface area (Å²) in [6.07, 6.45) is 3.80. The van der Waals surface area contributed by atoms with Crippen LogP contribution in [-0.4, -0.2) is 56.2 Å². The van der Waals surface area contributed by atoms with Gasteiger partial charge in [-0.2, -0.15) is 5.21 Å². The number of carbonyl (C=O) groups excluding carboxylic acids is 1. The molecule has 4 rings (SSSR count). The predicted molar refractivity (Wildman–Crippen MR) is 127 cm³/mol. The van der Waals surface area contributed by atoms with Gasteiger partial charge in [-0.15, -0.1) is 10.2 Å². The summed E-state index contributed by atoms with van der Waals surface area (Å²) in [6, 6.07) is 9.37. The molecule has 0 saturated carbocycles. The Morgan fingerprint density at radius 2 is 1.97 bits per heavy atom. The van der Waals surface area contributed by atoms with Gasteiger partial charge in [0.2, 0.25) is 11.7 Å². The average Bonchev–Trinajstić information content (AvgIpc) is 3.34. The molecule has 1 fully saturated rings. The van der Waals surface area contributed by atoms with E-state index < -0.39 is 0 Å². The minimum atomic E-state index is -0.0862. The number of nitrogens with one attached hydrogen (secondary N) is 2. The van der Waals surface area contributed by atoms with Crippen LogP contribution in [0.4, 0.5) is 10.5 Å². The van der Waals surface area contributed by atoms with E-state index in [9.17, 15) is 4.79 Å². The van der Waals surface area contributed by atoms with Crippen molar-refractivity contribution < 1.29 is 9.53 Å². The number of tetrazole rings is 1. The molecule has 3 heterocycles. The molecule has 1 aliphatic heterocycles. The number of H-pyrrole nitrogens is 1. The monoisotopic (exact) mass is 449 g/mol. The van der Waals surface area contributed by atoms with Crippen molar-refractivity contribution in [3.63, 3.8) is 0 Å². The molecule has 3 aromatic rings. The molecule has 33 heavy (non-hydrogen) atoms. The SMILES string of the molecule is CCOc1ccc(-c2ccc(NC(=O)N3CCC(C(C)(C)C)CC3)cc2-c2nn[nH]n2)cn1. The fraction of sp³-hybridized carbons (Fsp3) is 0.458. The van der Waals surface area contributed by atoms with Gasteiger partial charge in [-0.3, -0.25) is 0 Å². The highest BCUT2D eigenvalue weighted by Gasteiger charge is 2.30. The number of urea groups is 1. The van der Waals surface area contributed by atoms with Gasteiger partial charge < -0.3 is 15.0 Å². The van der Waals surface area contributed by atoms with Crippen LogP contribution < -0.4 is 10.1 Å². The number of aromatic amines is 1. The summed E-state index contributed by atoms with van der Waals surface area (Å²) in [6.45, 7) is 10.8. The Bertz CT molecular complexity index is 1070. The maximum Gasteiger partial charge on any atom is 0.321 e. The number of pyridine rings is 1. The summed E-state index contributed by atoms with van der Waals surface area (Å²) < 4.78 is 5.44. The predicted octanol–water partition coefficient (Wildman–Crippen LogP) is 4.62. The minimum absolute atomic E-state index is 0.0862. The lowest BCUT2D eigenvalue weighted by Crippen LogP contribution is -2.43. The largest absolute Gasteiger partial charge is 0.478 e. The van der Waals surface area contributed by atoms with E-state index in [0.29, 0.717) is 29.9 Å². The van der Waals surface area contributed by atoms with E-state index in [1.54, 1.807) is 6.20 Å². The van der Waals surface area contributed by atoms with Crippen LogP contribution in [0.2, 0.25) is 0 Å². The number of carbonyl (C=O) groups is 1. The zero-order chi connectivity index (χ0) is 23.4. The first-order chi connectivity index (χ1) is 15.8. The second-order valence-corrected chi connectivity index (χ2v) is 9.37. The van der Waals surface area contributed by atoms with Crippen molar-refractivity contribution in [1.29, 1.82) is 0 Å². The normalized spacial score (nSPS) is 14.8. The zero-order valence-corrected chi connectivity index (χ0v) is 19.6. The van der Waals surface area contributed by atoms with Crippen molar-refractivity contribution in [2.75, 3.05) is 25.0 Å². The molecule has 0 spiro atoms. The fourth-order valence-electron chi connectivity index (χ4n) is 4.26. The third-order valence-electron chi connectivity index (χ3n) is 6.20. The number of benzene rings is 1. The highest BCUT2D eigenvalue weighted by atomic mass is 16.5. The van der Waals surface area contributed by atoms with Gasteiger partial charge in [-0.05, 0) is 60.1 Å². The van der Waals surface area contributed by atoms with E-state index in [-0.39, 0.29) is 11.4 Å². The van der Waals surface area contributed by atoms with Gasteiger partial charge in [0, 0.05) is 42.2 Å². The number of hydrogen-bond acceptors (Lipinski definition) is 6. The third kappa shape index (κ3) is 5.30. The molecule has 0 unspecified atom stereocenters. The van der Waals surface area contributed by atoms with Crippen LogP contribution in [0.25, 0.3) is 22.5 Å². The lowest BCUT2D eigenvalue weighted by atomic mass is 9.75. The average molecular weight is 450 g/mol. The first-order valence-electron chi connectivity index (χ1n) is 11.4. The Hall–Kier alpha value is -3.49. The highest BCUT2D eigenvalue weighted by Crippen LogP contribution is 2.35. The van der Waals surface area contributed by atoms with Crippen LogP contribution in [0, 0.1) is 11.3 Å². The number of hydrogen-bond donors (Lipinski definition) is 2. The van der Waals surface area contributed by atoms with Crippen molar-refractivity contribution in [2.24, 2.45) is 11.3 Å². The minimum Gasteiger partial charge on any atom is -0.478 e. The van der Waals surface area contributed by atoms with Crippen LogP contribution in [0.3, 0.4) is 0 Å². The molecule has 174 valence electrons. The Kier molecular flexibility index (Phi) is 6.57. The number of rotatable bonds is 5. The van der Waals surface area contributed by atoms with E-state index in [0.717, 1.165) is 42.6 Å². The van der Waals surface area contributed by atoms with Crippen LogP contribution in [0.15, 0.2) is 36.5 Å². The lowest BCUT2D eigenvalue weighted by Gasteiger charge is -2.38. The Balaban J connectivity index is 1.53. The second-order valence-electron chi connectivity index (χ2n) is 9.37. The van der Waals surface area contributed by atoms with Crippen molar-refractivity contribution >= 4 is 11.7 Å². The van der Waals surface area contributed by atoms with Gasteiger partial charge in [0.15, 0.2) is 0 Å². The smallest absolute Gasteiger partial charge is 0.321 e. The van der Waals surface area contributed by atoms with Crippen LogP contribution in [0.1, 0.15) is 40.5 Å². The molecule has 0 aliphatic carbocycles. The third-order valence-corrected chi connectivity index (χ3v) is 6.20. The van der Waals surface area contributed by atoms with Gasteiger partial charge in [-0.1, -0.05) is 26.8 Å². The summed E-state index contributed by atoms with van der Waals surface area (Å²) in [4.78, 5) is 19.2. The summed E-state index contributed by atoms with van der Waals surface area (Å²) in [7, 11) is 0. The Morgan fingerprint density at radius 1 is 1.18 bits per heavy atom. The second kappa shape index (κ2) is 9.56. The molecule has 2 aromatic heterocycles. The van der Waals surface area contributed by atoms with Crippen molar-refractivity contribution in [2.45, 2.75) is 40.5 Å². The molecule has 0 bridgehead atoms. The Morgan fingerprint density at radius 3 is 2.58 bits per heavy atom. The van der Waals surface area contributed by atoms with Gasteiger partial charge in [-0.25, -0.2) is 9.78 Å². The zero-order valence-electron chi connectivity index (χ0n) is 19.6. The first kappa shape index (κ1) is 22.7. The number of anilines is 1. The molecule has 1 aromatic carbocycles. The van der Waals surface area contributed by atoms with Crippen molar-refractivity contribution in [3.05, 3.63) is 36.5 Å². The maximum atomic E-state index is 12.9. The standard InChI is InChI=1S/C24H31N7O2/c1-5-33-21-9-6-16(15-25-21)19-8-7-18(14-20(19)22-27-29-30-28-22)26-23(32)31-12-10-17(11-13-31)24(2,3)4/h6-9,14-15,17H,5,10-13H2,1-4H3,(H,26,32)(H,27,28,29,30). The molecule has 0 radical (unpaired) electrons. The van der Waals surface area contributed by atoms with Gasteiger partial charge in [0.25, 0.3) is 0 Å². The number of ether oxygens (including phenoxy) is 1. The van der Waals surface area contributed by atoms with Gasteiger partial charge in [0.05, 0.1) is 6.61 Å². The van der Waals surface area contributed by atoms with Crippen LogP contribution in [-0.2, 0) is 0 Å². The molecule has 9 nitrogen and oxygen atoms in total. The molecule has 2 N–H and O–H groups in total. The summed E-state index contributed by atoms with van der Waals surface area (Å²) >= 11 is 0. The lowest BCUT2D eigenvalue weighted by molar-refractivity contribution is 0.128. The van der Waals surface area contributed by atoms with Crippen LogP contribution >= 0.6 is 0 Å². The molecular formula is C24H31N7O2. The maximum absolute atomic E-state index is 12.9. The highest BCUT2D eigenvalue weighted by molar-refractivity contribution is 5.92. The molecule has 0 atom stereocenters. The summed E-state index contributed by atoms with van der Waals surface area (Å²) in [5.41, 5.74) is 3.48. The van der Waals surface area contributed by atoms with E-state index in [2.05, 4.69) is 51.7 Å². The van der Waals surface area contributed by atoms with Gasteiger partial charge >= 0.3 is 6.03 Å². The molecular weight excluding hydrogens is 418 g/mol.